The average Bonchev–Trinajstić information content (AvgIpc) is 3.30. The molecule has 8 heteroatoms. The van der Waals surface area contributed by atoms with Gasteiger partial charge in [-0.1, -0.05) is 0 Å². The summed E-state index contributed by atoms with van der Waals surface area (Å²) in [4.78, 5) is 23.4. The maximum absolute atomic E-state index is 11.8. The molecule has 1 aromatic rings. The first-order chi connectivity index (χ1) is 11.5. The van der Waals surface area contributed by atoms with Crippen LogP contribution in [-0.2, 0) is 4.79 Å². The first-order valence-electron chi connectivity index (χ1n) is 8.22. The summed E-state index contributed by atoms with van der Waals surface area (Å²) in [5.74, 6) is -0.300. The Hall–Kier alpha value is -2.40. The second-order valence-corrected chi connectivity index (χ2v) is 6.29. The summed E-state index contributed by atoms with van der Waals surface area (Å²) in [5.41, 5.74) is 11.6. The molecule has 2 fully saturated rings. The Morgan fingerprint density at radius 1 is 1.29 bits per heavy atom. The highest BCUT2D eigenvalue weighted by molar-refractivity contribution is 6.02. The maximum Gasteiger partial charge on any atom is 0.254 e. The van der Waals surface area contributed by atoms with Crippen LogP contribution in [0.4, 0.5) is 5.82 Å². The zero-order valence-electron chi connectivity index (χ0n) is 13.9. The standard InChI is InChI=1S/C14H21N5O2.C2H3N/c15-9-3-5-10(6-4-9)19-7-11(12(16)20)13(18-19)17-14(21)8-1-2-8;1-2-3/h7-10H,1-6,15H2,(H2,16,20)(H,17,18,21);1H3. The second-order valence-electron chi connectivity index (χ2n) is 6.29. The van der Waals surface area contributed by atoms with E-state index in [9.17, 15) is 9.59 Å². The van der Waals surface area contributed by atoms with Crippen LogP contribution in [0.1, 0.15) is 61.8 Å². The van der Waals surface area contributed by atoms with Gasteiger partial charge in [0.1, 0.15) is 5.56 Å². The normalized spacial score (nSPS) is 22.7. The predicted octanol–water partition coefficient (Wildman–Crippen LogP) is 1.30. The Morgan fingerprint density at radius 2 is 1.88 bits per heavy atom. The molecule has 1 aromatic heterocycles. The summed E-state index contributed by atoms with van der Waals surface area (Å²) in [6, 6.07) is 2.22. The Balaban J connectivity index is 0.000000647. The van der Waals surface area contributed by atoms with Crippen molar-refractivity contribution < 1.29 is 9.59 Å². The number of carbonyl (C=O) groups is 2. The van der Waals surface area contributed by atoms with Gasteiger partial charge >= 0.3 is 0 Å². The number of hydrogen-bond donors (Lipinski definition) is 3. The van der Waals surface area contributed by atoms with Crippen molar-refractivity contribution in [3.8, 4) is 6.07 Å². The van der Waals surface area contributed by atoms with Gasteiger partial charge in [0.15, 0.2) is 5.82 Å². The predicted molar refractivity (Wildman–Crippen MR) is 88.9 cm³/mol. The van der Waals surface area contributed by atoms with Crippen LogP contribution in [0.2, 0.25) is 0 Å². The number of nitrogens with two attached hydrogens (primary N) is 2. The fraction of sp³-hybridized carbons (Fsp3) is 0.625. The fourth-order valence-electron chi connectivity index (χ4n) is 2.78. The molecular weight excluding hydrogens is 308 g/mol. The molecule has 1 heterocycles. The molecule has 0 bridgehead atoms. The third kappa shape index (κ3) is 4.55. The lowest BCUT2D eigenvalue weighted by atomic mass is 9.92. The zero-order chi connectivity index (χ0) is 17.7. The van der Waals surface area contributed by atoms with E-state index in [0.29, 0.717) is 0 Å². The third-order valence-corrected chi connectivity index (χ3v) is 4.30. The van der Waals surface area contributed by atoms with E-state index >= 15 is 0 Å². The summed E-state index contributed by atoms with van der Waals surface area (Å²) in [6.07, 6.45) is 7.19. The van der Waals surface area contributed by atoms with E-state index in [2.05, 4.69) is 10.4 Å². The summed E-state index contributed by atoms with van der Waals surface area (Å²) in [6.45, 7) is 1.43. The molecule has 0 saturated heterocycles. The van der Waals surface area contributed by atoms with Crippen LogP contribution < -0.4 is 16.8 Å². The molecule has 0 unspecified atom stereocenters. The minimum absolute atomic E-state index is 0.0588. The van der Waals surface area contributed by atoms with Crippen molar-refractivity contribution in [3.63, 3.8) is 0 Å². The monoisotopic (exact) mass is 332 g/mol. The number of aromatic nitrogens is 2. The molecule has 2 saturated carbocycles. The van der Waals surface area contributed by atoms with Crippen LogP contribution >= 0.6 is 0 Å². The number of nitrogens with one attached hydrogen (secondary N) is 1. The lowest BCUT2D eigenvalue weighted by Crippen LogP contribution is -2.28. The molecule has 0 spiro atoms. The summed E-state index contributed by atoms with van der Waals surface area (Å²) >= 11 is 0. The van der Waals surface area contributed by atoms with Crippen molar-refractivity contribution in [3.05, 3.63) is 11.8 Å². The van der Waals surface area contributed by atoms with Gasteiger partial charge in [0, 0.05) is 25.1 Å². The SMILES string of the molecule is CC#N.NC(=O)c1cn(C2CCC(N)CC2)nc1NC(=O)C1CC1. The highest BCUT2D eigenvalue weighted by Gasteiger charge is 2.31. The maximum atomic E-state index is 11.8. The Morgan fingerprint density at radius 3 is 2.38 bits per heavy atom. The van der Waals surface area contributed by atoms with Crippen LogP contribution in [0.3, 0.4) is 0 Å². The van der Waals surface area contributed by atoms with E-state index in [0.717, 1.165) is 38.5 Å². The second kappa shape index (κ2) is 7.93. The van der Waals surface area contributed by atoms with Gasteiger partial charge in [0.25, 0.3) is 5.91 Å². The molecule has 0 atom stereocenters. The molecule has 2 amide bonds. The number of primary amides is 1. The van der Waals surface area contributed by atoms with E-state index in [1.807, 2.05) is 0 Å². The molecular formula is C16H24N6O2. The average molecular weight is 332 g/mol. The number of rotatable bonds is 4. The number of nitrogens with zero attached hydrogens (tertiary/aromatic N) is 3. The van der Waals surface area contributed by atoms with Gasteiger partial charge in [-0.25, -0.2) is 0 Å². The van der Waals surface area contributed by atoms with Crippen LogP contribution in [0.5, 0.6) is 0 Å². The highest BCUT2D eigenvalue weighted by Crippen LogP contribution is 2.32. The van der Waals surface area contributed by atoms with Crippen molar-refractivity contribution in [1.29, 1.82) is 5.26 Å². The molecule has 0 aliphatic heterocycles. The third-order valence-electron chi connectivity index (χ3n) is 4.30. The van der Waals surface area contributed by atoms with Gasteiger partial charge in [-0.15, -0.1) is 0 Å². The zero-order valence-corrected chi connectivity index (χ0v) is 13.9. The molecule has 2 aliphatic rings. The minimum atomic E-state index is -0.570. The van der Waals surface area contributed by atoms with Crippen LogP contribution in [0.15, 0.2) is 6.20 Å². The van der Waals surface area contributed by atoms with Crippen LogP contribution in [-0.4, -0.2) is 27.6 Å². The van der Waals surface area contributed by atoms with Gasteiger partial charge in [-0.05, 0) is 38.5 Å². The number of hydrogen-bond acceptors (Lipinski definition) is 5. The van der Waals surface area contributed by atoms with E-state index in [1.54, 1.807) is 16.9 Å². The van der Waals surface area contributed by atoms with Crippen molar-refractivity contribution >= 4 is 17.6 Å². The van der Waals surface area contributed by atoms with Gasteiger partial charge in [0.2, 0.25) is 5.91 Å². The molecule has 0 radical (unpaired) electrons. The van der Waals surface area contributed by atoms with Gasteiger partial charge in [-0.3, -0.25) is 14.3 Å². The number of carbonyl (C=O) groups excluding carboxylic acids is 2. The Labute approximate surface area is 141 Å². The van der Waals surface area contributed by atoms with E-state index in [-0.39, 0.29) is 35.3 Å². The molecule has 0 aromatic carbocycles. The number of anilines is 1. The lowest BCUT2D eigenvalue weighted by molar-refractivity contribution is -0.117. The van der Waals surface area contributed by atoms with E-state index in [4.69, 9.17) is 16.7 Å². The number of nitriles is 1. The first-order valence-corrected chi connectivity index (χ1v) is 8.22. The summed E-state index contributed by atoms with van der Waals surface area (Å²) in [5, 5.41) is 14.4. The topological polar surface area (TPSA) is 140 Å². The molecule has 8 nitrogen and oxygen atoms in total. The van der Waals surface area contributed by atoms with Crippen molar-refractivity contribution in [2.45, 2.75) is 57.5 Å². The smallest absolute Gasteiger partial charge is 0.254 e. The Kier molecular flexibility index (Phi) is 5.93. The van der Waals surface area contributed by atoms with Crippen molar-refractivity contribution in [2.75, 3.05) is 5.32 Å². The van der Waals surface area contributed by atoms with Crippen LogP contribution in [0.25, 0.3) is 0 Å². The minimum Gasteiger partial charge on any atom is -0.365 e. The largest absolute Gasteiger partial charge is 0.365 e. The molecule has 5 N–H and O–H groups in total. The fourth-order valence-corrected chi connectivity index (χ4v) is 2.78. The number of amides is 2. The van der Waals surface area contributed by atoms with Crippen molar-refractivity contribution in [2.24, 2.45) is 17.4 Å². The first kappa shape index (κ1) is 17.9. The molecule has 24 heavy (non-hydrogen) atoms. The molecule has 2 aliphatic carbocycles. The van der Waals surface area contributed by atoms with E-state index in [1.165, 1.54) is 6.92 Å². The summed E-state index contributed by atoms with van der Waals surface area (Å²) in [7, 11) is 0. The van der Waals surface area contributed by atoms with Crippen LogP contribution in [0, 0.1) is 17.2 Å². The highest BCUT2D eigenvalue weighted by atomic mass is 16.2. The molecule has 3 rings (SSSR count). The lowest BCUT2D eigenvalue weighted by Gasteiger charge is -2.26. The summed E-state index contributed by atoms with van der Waals surface area (Å²) < 4.78 is 1.76. The molecule has 130 valence electrons. The quantitative estimate of drug-likeness (QED) is 0.762. The van der Waals surface area contributed by atoms with Crippen molar-refractivity contribution in [1.82, 2.24) is 9.78 Å². The Bertz CT molecular complexity index is 635. The van der Waals surface area contributed by atoms with Gasteiger partial charge in [-0.2, -0.15) is 10.4 Å². The van der Waals surface area contributed by atoms with E-state index < -0.39 is 5.91 Å². The van der Waals surface area contributed by atoms with Gasteiger partial charge in [0.05, 0.1) is 12.1 Å². The van der Waals surface area contributed by atoms with Gasteiger partial charge < -0.3 is 16.8 Å².